The van der Waals surface area contributed by atoms with Crippen molar-refractivity contribution in [3.05, 3.63) is 94.8 Å². The lowest BCUT2D eigenvalue weighted by molar-refractivity contribution is -0.116. The maximum Gasteiger partial charge on any atom is 0.297 e. The summed E-state index contributed by atoms with van der Waals surface area (Å²) in [6.45, 7) is 1.89. The molecule has 7 nitrogen and oxygen atoms in total. The van der Waals surface area contributed by atoms with Gasteiger partial charge in [-0.3, -0.25) is 18.6 Å². The molecule has 0 atom stereocenters. The third-order valence-electron chi connectivity index (χ3n) is 5.18. The van der Waals surface area contributed by atoms with Crippen molar-refractivity contribution in [3.8, 4) is 11.4 Å². The number of hydrogen-bond acceptors (Lipinski definition) is 4. The second kappa shape index (κ2) is 7.53. The number of carbonyl (C=O) groups excluding carboxylic acids is 1. The van der Waals surface area contributed by atoms with Crippen molar-refractivity contribution in [2.24, 2.45) is 0 Å². The van der Waals surface area contributed by atoms with E-state index in [1.54, 1.807) is 16.5 Å². The maximum atomic E-state index is 13.3. The van der Waals surface area contributed by atoms with Gasteiger partial charge in [0.2, 0.25) is 11.6 Å². The number of para-hydroxylation sites is 3. The molecular formula is C24H19N5O2. The van der Waals surface area contributed by atoms with Crippen LogP contribution in [-0.4, -0.2) is 25.1 Å². The van der Waals surface area contributed by atoms with Crippen LogP contribution in [0.1, 0.15) is 5.56 Å². The third kappa shape index (κ3) is 3.36. The Morgan fingerprint density at radius 1 is 0.871 bits per heavy atom. The average Bonchev–Trinajstić information content (AvgIpc) is 3.23. The van der Waals surface area contributed by atoms with Gasteiger partial charge in [-0.2, -0.15) is 0 Å². The van der Waals surface area contributed by atoms with Crippen molar-refractivity contribution in [1.82, 2.24) is 19.2 Å². The number of rotatable bonds is 4. The highest BCUT2D eigenvalue weighted by Gasteiger charge is 2.18. The molecule has 0 fully saturated rings. The molecule has 31 heavy (non-hydrogen) atoms. The van der Waals surface area contributed by atoms with Crippen LogP contribution in [-0.2, 0) is 11.3 Å². The van der Waals surface area contributed by atoms with E-state index in [0.29, 0.717) is 17.0 Å². The summed E-state index contributed by atoms with van der Waals surface area (Å²) in [5.41, 5.74) is 3.88. The summed E-state index contributed by atoms with van der Waals surface area (Å²) in [4.78, 5) is 25.9. The molecule has 2 heterocycles. The molecule has 5 aromatic rings. The van der Waals surface area contributed by atoms with Crippen LogP contribution in [0, 0.1) is 6.92 Å². The van der Waals surface area contributed by atoms with Gasteiger partial charge in [0, 0.05) is 11.3 Å². The molecule has 3 aromatic carbocycles. The van der Waals surface area contributed by atoms with Crippen LogP contribution >= 0.6 is 0 Å². The topological polar surface area (TPSA) is 81.3 Å². The summed E-state index contributed by atoms with van der Waals surface area (Å²) in [7, 11) is 0. The van der Waals surface area contributed by atoms with Gasteiger partial charge in [-0.15, -0.1) is 10.2 Å². The van der Waals surface area contributed by atoms with Crippen LogP contribution < -0.4 is 10.9 Å². The molecule has 0 aliphatic carbocycles. The summed E-state index contributed by atoms with van der Waals surface area (Å²) in [6.07, 6.45) is 0. The number of aromatic nitrogens is 4. The quantitative estimate of drug-likeness (QED) is 0.491. The molecule has 0 saturated carbocycles. The van der Waals surface area contributed by atoms with Crippen molar-refractivity contribution >= 4 is 28.3 Å². The van der Waals surface area contributed by atoms with Gasteiger partial charge in [0.05, 0.1) is 11.0 Å². The molecule has 0 radical (unpaired) electrons. The largest absolute Gasteiger partial charge is 0.325 e. The van der Waals surface area contributed by atoms with Gasteiger partial charge >= 0.3 is 0 Å². The highest BCUT2D eigenvalue weighted by atomic mass is 16.2. The van der Waals surface area contributed by atoms with Crippen LogP contribution in [0.25, 0.3) is 28.1 Å². The van der Waals surface area contributed by atoms with E-state index in [1.165, 1.54) is 4.57 Å². The van der Waals surface area contributed by atoms with Crippen molar-refractivity contribution in [3.63, 3.8) is 0 Å². The minimum atomic E-state index is -0.368. The van der Waals surface area contributed by atoms with Crippen LogP contribution in [0.3, 0.4) is 0 Å². The fourth-order valence-electron chi connectivity index (χ4n) is 3.67. The Kier molecular flexibility index (Phi) is 4.55. The van der Waals surface area contributed by atoms with Gasteiger partial charge < -0.3 is 5.32 Å². The molecule has 0 aliphatic heterocycles. The van der Waals surface area contributed by atoms with E-state index in [4.69, 9.17) is 0 Å². The number of amides is 1. The number of nitrogens with zero attached hydrogens (tertiary/aromatic N) is 4. The summed E-state index contributed by atoms with van der Waals surface area (Å²) in [5.74, 6) is 0.297. The average molecular weight is 409 g/mol. The molecule has 0 unspecified atom stereocenters. The lowest BCUT2D eigenvalue weighted by Crippen LogP contribution is -2.29. The number of aryl methyl sites for hydroxylation is 1. The van der Waals surface area contributed by atoms with Crippen molar-refractivity contribution in [2.75, 3.05) is 5.32 Å². The van der Waals surface area contributed by atoms with Crippen LogP contribution in [0.5, 0.6) is 0 Å². The standard InChI is InChI=1S/C24H19N5O2/c1-16-11-13-17(14-12-16)22-26-27-23-24(31)28(19-9-5-6-10-20(19)29(22)23)15-21(30)25-18-7-3-2-4-8-18/h2-14H,15H2,1H3,(H,25,30). The number of nitrogens with one attached hydrogen (secondary N) is 1. The normalized spacial score (nSPS) is 11.1. The first-order chi connectivity index (χ1) is 15.1. The number of fused-ring (bicyclic) bond motifs is 3. The fourth-order valence-corrected chi connectivity index (χ4v) is 3.67. The molecule has 0 spiro atoms. The first kappa shape index (κ1) is 18.7. The van der Waals surface area contributed by atoms with E-state index in [1.807, 2.05) is 73.7 Å². The van der Waals surface area contributed by atoms with Gasteiger partial charge in [0.1, 0.15) is 6.54 Å². The zero-order chi connectivity index (χ0) is 21.4. The summed E-state index contributed by atoms with van der Waals surface area (Å²) >= 11 is 0. The molecule has 152 valence electrons. The number of benzene rings is 3. The molecule has 0 saturated heterocycles. The van der Waals surface area contributed by atoms with E-state index in [9.17, 15) is 9.59 Å². The zero-order valence-corrected chi connectivity index (χ0v) is 16.8. The van der Waals surface area contributed by atoms with E-state index < -0.39 is 0 Å². The van der Waals surface area contributed by atoms with Crippen LogP contribution in [0.15, 0.2) is 83.7 Å². The summed E-state index contributed by atoms with van der Waals surface area (Å²) in [5, 5.41) is 11.3. The Bertz CT molecular complexity index is 1470. The van der Waals surface area contributed by atoms with Gasteiger partial charge in [-0.1, -0.05) is 60.2 Å². The first-order valence-corrected chi connectivity index (χ1v) is 9.90. The highest BCUT2D eigenvalue weighted by molar-refractivity contribution is 5.92. The van der Waals surface area contributed by atoms with Gasteiger partial charge in [0.25, 0.3) is 5.56 Å². The zero-order valence-electron chi connectivity index (χ0n) is 16.8. The van der Waals surface area contributed by atoms with Gasteiger partial charge in [-0.05, 0) is 31.2 Å². The summed E-state index contributed by atoms with van der Waals surface area (Å²) < 4.78 is 3.20. The minimum absolute atomic E-state index is 0.128. The van der Waals surface area contributed by atoms with Crippen LogP contribution in [0.2, 0.25) is 0 Å². The van der Waals surface area contributed by atoms with Crippen molar-refractivity contribution < 1.29 is 4.79 Å². The smallest absolute Gasteiger partial charge is 0.297 e. The lowest BCUT2D eigenvalue weighted by Gasteiger charge is -2.13. The van der Waals surface area contributed by atoms with E-state index in [2.05, 4.69) is 15.5 Å². The minimum Gasteiger partial charge on any atom is -0.325 e. The molecule has 1 amide bonds. The fraction of sp³-hybridized carbons (Fsp3) is 0.0833. The second-order valence-corrected chi connectivity index (χ2v) is 7.34. The lowest BCUT2D eigenvalue weighted by atomic mass is 10.1. The Labute approximate surface area is 177 Å². The van der Waals surface area contributed by atoms with Crippen molar-refractivity contribution in [2.45, 2.75) is 13.5 Å². The van der Waals surface area contributed by atoms with E-state index in [0.717, 1.165) is 16.6 Å². The first-order valence-electron chi connectivity index (χ1n) is 9.90. The predicted molar refractivity (Wildman–Crippen MR) is 120 cm³/mol. The third-order valence-corrected chi connectivity index (χ3v) is 5.18. The van der Waals surface area contributed by atoms with E-state index in [-0.39, 0.29) is 23.7 Å². The van der Waals surface area contributed by atoms with Crippen LogP contribution in [0.4, 0.5) is 5.69 Å². The molecule has 2 aromatic heterocycles. The molecule has 5 rings (SSSR count). The Balaban J connectivity index is 1.65. The molecule has 0 aliphatic rings. The number of anilines is 1. The second-order valence-electron chi connectivity index (χ2n) is 7.34. The molecular weight excluding hydrogens is 390 g/mol. The van der Waals surface area contributed by atoms with Gasteiger partial charge in [0.15, 0.2) is 5.82 Å². The molecule has 7 heteroatoms. The Hall–Kier alpha value is -4.26. The van der Waals surface area contributed by atoms with Crippen molar-refractivity contribution in [1.29, 1.82) is 0 Å². The molecule has 0 bridgehead atoms. The van der Waals surface area contributed by atoms with E-state index >= 15 is 0 Å². The number of hydrogen-bond donors (Lipinski definition) is 1. The monoisotopic (exact) mass is 409 g/mol. The maximum absolute atomic E-state index is 13.3. The summed E-state index contributed by atoms with van der Waals surface area (Å²) in [6, 6.07) is 24.5. The number of carbonyl (C=O) groups is 1. The Morgan fingerprint density at radius 3 is 2.29 bits per heavy atom. The highest BCUT2D eigenvalue weighted by Crippen LogP contribution is 2.22. The van der Waals surface area contributed by atoms with Gasteiger partial charge in [-0.25, -0.2) is 0 Å². The molecule has 1 N–H and O–H groups in total. The Morgan fingerprint density at radius 2 is 1.55 bits per heavy atom. The predicted octanol–water partition coefficient (Wildman–Crippen LogP) is 3.66. The SMILES string of the molecule is Cc1ccc(-c2nnc3c(=O)n(CC(=O)Nc4ccccc4)c4ccccc4n23)cc1.